The first-order valence-electron chi connectivity index (χ1n) is 9.74. The third kappa shape index (κ3) is 3.24. The van der Waals surface area contributed by atoms with Gasteiger partial charge in [-0.3, -0.25) is 19.4 Å². The van der Waals surface area contributed by atoms with Gasteiger partial charge in [0.2, 0.25) is 0 Å². The van der Waals surface area contributed by atoms with Crippen LogP contribution in [0.3, 0.4) is 0 Å². The maximum absolute atomic E-state index is 13.2. The van der Waals surface area contributed by atoms with Crippen LogP contribution in [0.2, 0.25) is 0 Å². The van der Waals surface area contributed by atoms with E-state index in [4.69, 9.17) is 14.2 Å². The first-order valence-corrected chi connectivity index (χ1v) is 9.74. The monoisotopic (exact) mass is 374 g/mol. The Morgan fingerprint density at radius 2 is 1.93 bits per heavy atom. The maximum Gasteiger partial charge on any atom is 0.309 e. The molecule has 146 valence electrons. The van der Waals surface area contributed by atoms with Gasteiger partial charge in [-0.1, -0.05) is 18.2 Å². The summed E-state index contributed by atoms with van der Waals surface area (Å²) in [6.45, 7) is 5.25. The highest BCUT2D eigenvalue weighted by molar-refractivity contribution is 6.06. The zero-order valence-electron chi connectivity index (χ0n) is 15.7. The lowest BCUT2D eigenvalue weighted by Crippen LogP contribution is -2.51. The van der Waals surface area contributed by atoms with Gasteiger partial charge >= 0.3 is 5.97 Å². The number of para-hydroxylation sites is 1. The average molecular weight is 374 g/mol. The minimum Gasteiger partial charge on any atom is -0.466 e. The maximum atomic E-state index is 13.2. The normalized spacial score (nSPS) is 22.9. The predicted octanol–water partition coefficient (Wildman–Crippen LogP) is 1.86. The van der Waals surface area contributed by atoms with Gasteiger partial charge in [0.25, 0.3) is 11.7 Å². The molecule has 0 saturated carbocycles. The molecule has 0 bridgehead atoms. The van der Waals surface area contributed by atoms with E-state index in [1.807, 2.05) is 31.2 Å². The van der Waals surface area contributed by atoms with Crippen molar-refractivity contribution in [3.8, 4) is 0 Å². The highest BCUT2D eigenvalue weighted by Crippen LogP contribution is 2.45. The highest BCUT2D eigenvalue weighted by Gasteiger charge is 2.55. The summed E-state index contributed by atoms with van der Waals surface area (Å²) >= 11 is 0. The average Bonchev–Trinajstić information content (AvgIpc) is 2.92. The third-order valence-corrected chi connectivity index (χ3v) is 5.52. The molecule has 0 N–H and O–H groups in total. The van der Waals surface area contributed by atoms with Crippen LogP contribution in [-0.2, 0) is 29.6 Å². The van der Waals surface area contributed by atoms with E-state index >= 15 is 0 Å². The second-order valence-corrected chi connectivity index (χ2v) is 7.20. The van der Waals surface area contributed by atoms with Crippen LogP contribution in [-0.4, -0.2) is 56.4 Å². The number of carbonyl (C=O) groups excluding carboxylic acids is 2. The predicted molar refractivity (Wildman–Crippen MR) is 97.9 cm³/mol. The fourth-order valence-corrected chi connectivity index (χ4v) is 4.11. The number of amides is 1. The Bertz CT molecular complexity index is 708. The number of hydrogen-bond acceptors (Lipinski definition) is 6. The molecular formula is C20H26N2O5. The van der Waals surface area contributed by atoms with Gasteiger partial charge in [0.05, 0.1) is 38.1 Å². The number of carbonyl (C=O) groups is 2. The molecule has 1 amide bonds. The van der Waals surface area contributed by atoms with Crippen LogP contribution in [0.5, 0.6) is 0 Å². The summed E-state index contributed by atoms with van der Waals surface area (Å²) < 4.78 is 16.9. The van der Waals surface area contributed by atoms with E-state index in [0.717, 1.165) is 43.6 Å². The Kier molecular flexibility index (Phi) is 5.16. The lowest BCUT2D eigenvalue weighted by atomic mass is 9.97. The number of piperidine rings is 1. The zero-order valence-corrected chi connectivity index (χ0v) is 15.7. The molecule has 2 fully saturated rings. The molecule has 7 heteroatoms. The third-order valence-electron chi connectivity index (χ3n) is 5.52. The summed E-state index contributed by atoms with van der Waals surface area (Å²) in [5.41, 5.74) is 1.63. The number of anilines is 1. The fourth-order valence-electron chi connectivity index (χ4n) is 4.11. The number of nitrogens with zero attached hydrogens (tertiary/aromatic N) is 2. The van der Waals surface area contributed by atoms with Crippen molar-refractivity contribution in [1.29, 1.82) is 0 Å². The van der Waals surface area contributed by atoms with Crippen LogP contribution in [0.15, 0.2) is 24.3 Å². The van der Waals surface area contributed by atoms with Gasteiger partial charge in [0, 0.05) is 18.7 Å². The molecule has 3 heterocycles. The zero-order chi connectivity index (χ0) is 18.9. The van der Waals surface area contributed by atoms with Crippen molar-refractivity contribution in [3.05, 3.63) is 29.8 Å². The van der Waals surface area contributed by atoms with Crippen molar-refractivity contribution in [2.75, 3.05) is 44.5 Å². The molecule has 1 aromatic carbocycles. The van der Waals surface area contributed by atoms with Gasteiger partial charge in [-0.25, -0.2) is 0 Å². The first-order chi connectivity index (χ1) is 13.2. The smallest absolute Gasteiger partial charge is 0.309 e. The van der Waals surface area contributed by atoms with Gasteiger partial charge in [-0.15, -0.1) is 0 Å². The number of rotatable bonds is 4. The van der Waals surface area contributed by atoms with Crippen molar-refractivity contribution in [1.82, 2.24) is 4.90 Å². The standard InChI is InChI=1S/C20H26N2O5/c1-2-25-18(23)15-8-10-21(11-9-15)14-22-17-7-4-3-6-16(17)20(19(22)24)26-12-5-13-27-20/h3-4,6-7,15H,2,5,8-14H2,1H3. The lowest BCUT2D eigenvalue weighted by molar-refractivity contribution is -0.257. The summed E-state index contributed by atoms with van der Waals surface area (Å²) in [6.07, 6.45) is 2.29. The first kappa shape index (κ1) is 18.4. The molecule has 7 nitrogen and oxygen atoms in total. The number of ether oxygens (including phenoxy) is 3. The molecule has 0 radical (unpaired) electrons. The Labute approximate surface area is 159 Å². The topological polar surface area (TPSA) is 68.3 Å². The molecule has 3 aliphatic rings. The summed E-state index contributed by atoms with van der Waals surface area (Å²) in [4.78, 5) is 29.1. The summed E-state index contributed by atoms with van der Waals surface area (Å²) in [5, 5.41) is 0. The second kappa shape index (κ2) is 7.58. The Morgan fingerprint density at radius 1 is 1.22 bits per heavy atom. The Morgan fingerprint density at radius 3 is 2.63 bits per heavy atom. The van der Waals surface area contributed by atoms with E-state index in [1.54, 1.807) is 4.90 Å². The number of benzene rings is 1. The molecule has 0 aromatic heterocycles. The molecule has 0 aliphatic carbocycles. The van der Waals surface area contributed by atoms with Crippen LogP contribution in [0.1, 0.15) is 31.7 Å². The minimum absolute atomic E-state index is 0.0425. The molecule has 2 saturated heterocycles. The van der Waals surface area contributed by atoms with E-state index in [9.17, 15) is 9.59 Å². The van der Waals surface area contributed by atoms with Crippen LogP contribution in [0.4, 0.5) is 5.69 Å². The Hall–Kier alpha value is -1.96. The van der Waals surface area contributed by atoms with Crippen molar-refractivity contribution >= 4 is 17.6 Å². The van der Waals surface area contributed by atoms with Gasteiger partial charge in [-0.2, -0.15) is 0 Å². The number of fused-ring (bicyclic) bond motifs is 2. The fraction of sp³-hybridized carbons (Fsp3) is 0.600. The molecule has 3 aliphatic heterocycles. The Balaban J connectivity index is 1.47. The molecular weight excluding hydrogens is 348 g/mol. The van der Waals surface area contributed by atoms with Crippen molar-refractivity contribution in [2.45, 2.75) is 32.0 Å². The molecule has 27 heavy (non-hydrogen) atoms. The molecule has 4 rings (SSSR count). The van der Waals surface area contributed by atoms with Crippen molar-refractivity contribution in [2.24, 2.45) is 5.92 Å². The largest absolute Gasteiger partial charge is 0.466 e. The van der Waals surface area contributed by atoms with Gasteiger partial charge < -0.3 is 14.2 Å². The van der Waals surface area contributed by atoms with E-state index in [1.165, 1.54) is 0 Å². The quantitative estimate of drug-likeness (QED) is 0.750. The van der Waals surface area contributed by atoms with E-state index in [2.05, 4.69) is 4.90 Å². The van der Waals surface area contributed by atoms with Gasteiger partial charge in [0.1, 0.15) is 0 Å². The second-order valence-electron chi connectivity index (χ2n) is 7.20. The molecule has 0 atom stereocenters. The van der Waals surface area contributed by atoms with E-state index < -0.39 is 5.79 Å². The number of hydrogen-bond donors (Lipinski definition) is 0. The van der Waals surface area contributed by atoms with E-state index in [-0.39, 0.29) is 17.8 Å². The number of likely N-dealkylation sites (tertiary alicyclic amines) is 1. The summed E-state index contributed by atoms with van der Waals surface area (Å²) in [6, 6.07) is 7.68. The van der Waals surface area contributed by atoms with Crippen molar-refractivity contribution < 1.29 is 23.8 Å². The summed E-state index contributed by atoms with van der Waals surface area (Å²) in [5.74, 6) is -1.60. The van der Waals surface area contributed by atoms with Crippen LogP contribution < -0.4 is 4.90 Å². The molecule has 1 aromatic rings. The highest BCUT2D eigenvalue weighted by atomic mass is 16.7. The van der Waals surface area contributed by atoms with Crippen LogP contribution >= 0.6 is 0 Å². The van der Waals surface area contributed by atoms with E-state index in [0.29, 0.717) is 26.5 Å². The minimum atomic E-state index is -1.29. The van der Waals surface area contributed by atoms with Crippen LogP contribution in [0.25, 0.3) is 0 Å². The molecule has 1 spiro atoms. The summed E-state index contributed by atoms with van der Waals surface area (Å²) in [7, 11) is 0. The lowest BCUT2D eigenvalue weighted by Gasteiger charge is -2.35. The molecule has 0 unspecified atom stereocenters. The SMILES string of the molecule is CCOC(=O)C1CCN(CN2C(=O)C3(OCCCO3)c3ccccc32)CC1. The van der Waals surface area contributed by atoms with Gasteiger partial charge in [-0.05, 0) is 32.3 Å². The van der Waals surface area contributed by atoms with Crippen LogP contribution in [0, 0.1) is 5.92 Å². The van der Waals surface area contributed by atoms with Crippen molar-refractivity contribution in [3.63, 3.8) is 0 Å². The number of esters is 1. The van der Waals surface area contributed by atoms with Gasteiger partial charge in [0.15, 0.2) is 0 Å².